The summed E-state index contributed by atoms with van der Waals surface area (Å²) in [6, 6.07) is 11.2. The number of nitrogens with zero attached hydrogens (tertiary/aromatic N) is 4. The Morgan fingerprint density at radius 1 is 0.879 bits per heavy atom. The molecule has 2 aromatic carbocycles. The first kappa shape index (κ1) is 22.6. The molecule has 174 valence electrons. The summed E-state index contributed by atoms with van der Waals surface area (Å²) < 4.78 is 17.4. The molecular weight excluding hydrogens is 420 g/mol. The van der Waals surface area contributed by atoms with E-state index in [0.717, 1.165) is 24.0 Å². The molecule has 0 spiro atoms. The van der Waals surface area contributed by atoms with E-state index in [2.05, 4.69) is 4.90 Å². The van der Waals surface area contributed by atoms with Crippen LogP contribution in [-0.2, 0) is 0 Å². The van der Waals surface area contributed by atoms with Gasteiger partial charge in [0.15, 0.2) is 23.1 Å². The summed E-state index contributed by atoms with van der Waals surface area (Å²) in [4.78, 5) is 27.2. The molecule has 0 atom stereocenters. The Morgan fingerprint density at radius 3 is 2.03 bits per heavy atom. The molecule has 33 heavy (non-hydrogen) atoms. The van der Waals surface area contributed by atoms with E-state index in [0.29, 0.717) is 60.8 Å². The predicted molar refractivity (Wildman–Crippen MR) is 129 cm³/mol. The van der Waals surface area contributed by atoms with E-state index in [4.69, 9.17) is 24.2 Å². The summed E-state index contributed by atoms with van der Waals surface area (Å²) in [5.41, 5.74) is 2.01. The number of amides is 1. The molecule has 1 aliphatic heterocycles. The van der Waals surface area contributed by atoms with Gasteiger partial charge in [-0.05, 0) is 51.5 Å². The zero-order valence-electron chi connectivity index (χ0n) is 19.6. The minimum Gasteiger partial charge on any atom is -0.490 e. The number of hydrogen-bond donors (Lipinski definition) is 0. The number of ether oxygens (including phenoxy) is 3. The molecule has 3 aromatic rings. The second kappa shape index (κ2) is 9.94. The molecule has 0 saturated heterocycles. The molecule has 0 fully saturated rings. The standard InChI is InChI=1S/C25H30N4O4/c1-5-31-20-15-17(16-21(32-6-2)22(20)33-7-3)25(30)29-14-10-13-28(4)23-24(29)27-19-12-9-8-11-18(19)26-23/h8-9,11-12,15-16H,5-7,10,13-14H2,1-4H3. The molecule has 1 amide bonds. The van der Waals surface area contributed by atoms with Crippen LogP contribution in [0.4, 0.5) is 11.6 Å². The van der Waals surface area contributed by atoms with Gasteiger partial charge in [0.05, 0.1) is 30.9 Å². The van der Waals surface area contributed by atoms with Crippen molar-refractivity contribution in [2.75, 3.05) is 49.8 Å². The fraction of sp³-hybridized carbons (Fsp3) is 0.400. The average Bonchev–Trinajstić information content (AvgIpc) is 2.98. The smallest absolute Gasteiger partial charge is 0.259 e. The summed E-state index contributed by atoms with van der Waals surface area (Å²) >= 11 is 0. The third-order valence-corrected chi connectivity index (χ3v) is 5.43. The molecule has 0 bridgehead atoms. The van der Waals surface area contributed by atoms with Crippen molar-refractivity contribution in [3.8, 4) is 17.2 Å². The van der Waals surface area contributed by atoms with E-state index < -0.39 is 0 Å². The lowest BCUT2D eigenvalue weighted by Gasteiger charge is -2.24. The molecule has 8 heteroatoms. The zero-order valence-corrected chi connectivity index (χ0v) is 19.6. The van der Waals surface area contributed by atoms with Crippen LogP contribution < -0.4 is 24.0 Å². The Bertz CT molecular complexity index is 1120. The Labute approximate surface area is 194 Å². The zero-order chi connectivity index (χ0) is 23.4. The SMILES string of the molecule is CCOc1cc(C(=O)N2CCCN(C)c3nc4ccccc4nc32)cc(OCC)c1OCC. The van der Waals surface area contributed by atoms with Gasteiger partial charge in [0, 0.05) is 25.7 Å². The lowest BCUT2D eigenvalue weighted by Crippen LogP contribution is -2.32. The minimum atomic E-state index is -0.180. The highest BCUT2D eigenvalue weighted by Gasteiger charge is 2.29. The van der Waals surface area contributed by atoms with Crippen LogP contribution in [-0.4, -0.2) is 55.8 Å². The lowest BCUT2D eigenvalue weighted by atomic mass is 10.1. The van der Waals surface area contributed by atoms with Crippen molar-refractivity contribution in [2.24, 2.45) is 0 Å². The topological polar surface area (TPSA) is 77.0 Å². The number of para-hydroxylation sites is 2. The Morgan fingerprint density at radius 2 is 1.45 bits per heavy atom. The first-order valence-electron chi connectivity index (χ1n) is 11.4. The molecule has 2 heterocycles. The lowest BCUT2D eigenvalue weighted by molar-refractivity contribution is 0.0985. The maximum atomic E-state index is 13.8. The summed E-state index contributed by atoms with van der Waals surface area (Å²) in [7, 11) is 1.98. The van der Waals surface area contributed by atoms with Gasteiger partial charge in [-0.1, -0.05) is 12.1 Å². The van der Waals surface area contributed by atoms with Crippen molar-refractivity contribution in [2.45, 2.75) is 27.2 Å². The highest BCUT2D eigenvalue weighted by molar-refractivity contribution is 6.08. The van der Waals surface area contributed by atoms with E-state index >= 15 is 0 Å². The minimum absolute atomic E-state index is 0.180. The summed E-state index contributed by atoms with van der Waals surface area (Å²) in [6.07, 6.45) is 0.796. The van der Waals surface area contributed by atoms with Gasteiger partial charge in [-0.25, -0.2) is 9.97 Å². The summed E-state index contributed by atoms with van der Waals surface area (Å²) in [5.74, 6) is 2.57. The number of rotatable bonds is 7. The van der Waals surface area contributed by atoms with Crippen LogP contribution in [0.1, 0.15) is 37.6 Å². The van der Waals surface area contributed by atoms with E-state index in [1.165, 1.54) is 0 Å². The fourth-order valence-corrected chi connectivity index (χ4v) is 3.96. The van der Waals surface area contributed by atoms with Crippen molar-refractivity contribution in [3.05, 3.63) is 42.0 Å². The van der Waals surface area contributed by atoms with Crippen molar-refractivity contribution in [1.29, 1.82) is 0 Å². The van der Waals surface area contributed by atoms with Gasteiger partial charge in [-0.15, -0.1) is 0 Å². The van der Waals surface area contributed by atoms with E-state index in [-0.39, 0.29) is 5.91 Å². The maximum Gasteiger partial charge on any atom is 0.259 e. The Hall–Kier alpha value is -3.55. The molecule has 0 radical (unpaired) electrons. The van der Waals surface area contributed by atoms with Gasteiger partial charge >= 0.3 is 0 Å². The number of carbonyl (C=O) groups excluding carboxylic acids is 1. The van der Waals surface area contributed by atoms with Gasteiger partial charge in [0.25, 0.3) is 5.91 Å². The number of carbonyl (C=O) groups is 1. The highest BCUT2D eigenvalue weighted by Crippen LogP contribution is 2.40. The molecule has 0 saturated carbocycles. The van der Waals surface area contributed by atoms with E-state index in [1.54, 1.807) is 17.0 Å². The number of benzene rings is 2. The van der Waals surface area contributed by atoms with E-state index in [1.807, 2.05) is 52.1 Å². The van der Waals surface area contributed by atoms with Gasteiger partial charge in [-0.2, -0.15) is 0 Å². The number of anilines is 2. The number of fused-ring (bicyclic) bond motifs is 2. The van der Waals surface area contributed by atoms with Gasteiger partial charge < -0.3 is 19.1 Å². The van der Waals surface area contributed by atoms with Crippen molar-refractivity contribution in [1.82, 2.24) is 9.97 Å². The van der Waals surface area contributed by atoms with Crippen molar-refractivity contribution >= 4 is 28.6 Å². The Kier molecular flexibility index (Phi) is 6.82. The average molecular weight is 451 g/mol. The fourth-order valence-electron chi connectivity index (χ4n) is 3.96. The molecule has 0 unspecified atom stereocenters. The largest absolute Gasteiger partial charge is 0.490 e. The van der Waals surface area contributed by atoms with Gasteiger partial charge in [0.2, 0.25) is 5.75 Å². The monoisotopic (exact) mass is 450 g/mol. The maximum absolute atomic E-state index is 13.8. The first-order valence-corrected chi connectivity index (χ1v) is 11.4. The van der Waals surface area contributed by atoms with Crippen LogP contribution in [0.25, 0.3) is 11.0 Å². The van der Waals surface area contributed by atoms with Crippen LogP contribution >= 0.6 is 0 Å². The number of aromatic nitrogens is 2. The molecule has 8 nitrogen and oxygen atoms in total. The van der Waals surface area contributed by atoms with Gasteiger partial charge in [-0.3, -0.25) is 9.69 Å². The normalized spacial score (nSPS) is 13.5. The molecule has 4 rings (SSSR count). The predicted octanol–water partition coefficient (Wildman–Crippen LogP) is 4.31. The number of hydrogen-bond acceptors (Lipinski definition) is 7. The molecule has 1 aromatic heterocycles. The van der Waals surface area contributed by atoms with Crippen LogP contribution in [0.5, 0.6) is 17.2 Å². The second-order valence-electron chi connectivity index (χ2n) is 7.69. The molecular formula is C25H30N4O4. The van der Waals surface area contributed by atoms with E-state index in [9.17, 15) is 4.79 Å². The summed E-state index contributed by atoms with van der Waals surface area (Å²) in [5, 5.41) is 0. The molecule has 0 N–H and O–H groups in total. The van der Waals surface area contributed by atoms with Crippen molar-refractivity contribution in [3.63, 3.8) is 0 Å². The Balaban J connectivity index is 1.82. The van der Waals surface area contributed by atoms with Gasteiger partial charge in [0.1, 0.15) is 0 Å². The van der Waals surface area contributed by atoms with Crippen LogP contribution in [0.3, 0.4) is 0 Å². The molecule has 0 aliphatic carbocycles. The van der Waals surface area contributed by atoms with Crippen LogP contribution in [0, 0.1) is 0 Å². The third-order valence-electron chi connectivity index (χ3n) is 5.43. The second-order valence-corrected chi connectivity index (χ2v) is 7.69. The molecule has 1 aliphatic rings. The summed E-state index contributed by atoms with van der Waals surface area (Å²) in [6.45, 7) is 8.35. The first-order chi connectivity index (χ1) is 16.1. The third kappa shape index (κ3) is 4.51. The van der Waals surface area contributed by atoms with Crippen molar-refractivity contribution < 1.29 is 19.0 Å². The van der Waals surface area contributed by atoms with Crippen LogP contribution in [0.15, 0.2) is 36.4 Å². The van der Waals surface area contributed by atoms with Crippen LogP contribution in [0.2, 0.25) is 0 Å². The quantitative estimate of drug-likeness (QED) is 0.531. The highest BCUT2D eigenvalue weighted by atomic mass is 16.5.